The Kier molecular flexibility index (Phi) is 2.73. The molecule has 5 nitrogen and oxygen atoms in total. The fraction of sp³-hybridized carbons (Fsp3) is 0.353. The van der Waals surface area contributed by atoms with Crippen molar-refractivity contribution in [2.24, 2.45) is 28.8 Å². The van der Waals surface area contributed by atoms with Crippen LogP contribution in [-0.2, 0) is 9.59 Å². The van der Waals surface area contributed by atoms with Crippen LogP contribution in [0.4, 0.5) is 5.69 Å². The minimum absolute atomic E-state index is 0.0767. The van der Waals surface area contributed by atoms with Gasteiger partial charge in [0.05, 0.1) is 23.2 Å². The molecule has 1 aliphatic heterocycles. The number of carbonyl (C=O) groups is 2. The number of benzene rings is 1. The number of oxime groups is 1. The summed E-state index contributed by atoms with van der Waals surface area (Å²) in [6.07, 6.45) is 5.11. The van der Waals surface area contributed by atoms with E-state index < -0.39 is 0 Å². The lowest BCUT2D eigenvalue weighted by molar-refractivity contribution is -0.123. The highest BCUT2D eigenvalue weighted by molar-refractivity contribution is 6.22. The summed E-state index contributed by atoms with van der Waals surface area (Å²) in [6.45, 7) is 1.69. The van der Waals surface area contributed by atoms with Crippen molar-refractivity contribution >= 4 is 23.2 Å². The van der Waals surface area contributed by atoms with Crippen molar-refractivity contribution in [3.05, 3.63) is 42.0 Å². The second-order valence-electron chi connectivity index (χ2n) is 6.24. The van der Waals surface area contributed by atoms with Gasteiger partial charge in [-0.05, 0) is 42.9 Å². The second kappa shape index (κ2) is 4.53. The molecule has 5 heteroatoms. The number of rotatable bonds is 2. The zero-order valence-electron chi connectivity index (χ0n) is 12.1. The van der Waals surface area contributed by atoms with E-state index in [0.29, 0.717) is 11.4 Å². The van der Waals surface area contributed by atoms with E-state index >= 15 is 0 Å². The molecule has 3 aliphatic rings. The Hall–Kier alpha value is -2.43. The summed E-state index contributed by atoms with van der Waals surface area (Å²) in [6, 6.07) is 6.98. The van der Waals surface area contributed by atoms with Crippen molar-refractivity contribution in [1.82, 2.24) is 0 Å². The number of anilines is 1. The lowest BCUT2D eigenvalue weighted by Gasteiger charge is -2.17. The molecule has 2 bridgehead atoms. The first-order chi connectivity index (χ1) is 10.6. The fourth-order valence-corrected chi connectivity index (χ4v) is 4.07. The van der Waals surface area contributed by atoms with Gasteiger partial charge in [-0.25, -0.2) is 0 Å². The molecule has 1 aromatic carbocycles. The van der Waals surface area contributed by atoms with Crippen LogP contribution in [0.1, 0.15) is 18.9 Å². The van der Waals surface area contributed by atoms with Crippen LogP contribution in [0.15, 0.2) is 41.6 Å². The van der Waals surface area contributed by atoms with Crippen LogP contribution in [-0.4, -0.2) is 22.7 Å². The number of amides is 2. The standard InChI is InChI=1S/C17H16N2O3/c1-9(18-22)10-4-6-13(7-5-10)19-16(20)14-11-2-3-12(8-11)15(14)17(19)21/h2-7,11-12,14-15,22H,8H2,1H3/b18-9-. The minimum atomic E-state index is -0.178. The predicted octanol–water partition coefficient (Wildman–Crippen LogP) is 2.20. The molecule has 2 aliphatic carbocycles. The Morgan fingerprint density at radius 1 is 1.09 bits per heavy atom. The maximum atomic E-state index is 12.7. The topological polar surface area (TPSA) is 70.0 Å². The van der Waals surface area contributed by atoms with Crippen molar-refractivity contribution in [3.8, 4) is 0 Å². The molecule has 1 heterocycles. The van der Waals surface area contributed by atoms with Crippen LogP contribution in [0.25, 0.3) is 0 Å². The van der Waals surface area contributed by atoms with Crippen LogP contribution < -0.4 is 4.90 Å². The van der Waals surface area contributed by atoms with E-state index in [1.807, 2.05) is 0 Å². The zero-order chi connectivity index (χ0) is 15.4. The lowest BCUT2D eigenvalue weighted by atomic mass is 9.85. The number of hydrogen-bond acceptors (Lipinski definition) is 4. The normalized spacial score (nSPS) is 33.0. The van der Waals surface area contributed by atoms with Crippen molar-refractivity contribution in [2.75, 3.05) is 4.90 Å². The van der Waals surface area contributed by atoms with Gasteiger partial charge in [-0.2, -0.15) is 0 Å². The smallest absolute Gasteiger partial charge is 0.238 e. The number of nitrogens with zero attached hydrogens (tertiary/aromatic N) is 2. The molecular weight excluding hydrogens is 280 g/mol. The first-order valence-electron chi connectivity index (χ1n) is 7.47. The van der Waals surface area contributed by atoms with Crippen molar-refractivity contribution < 1.29 is 14.8 Å². The third-order valence-electron chi connectivity index (χ3n) is 5.16. The first kappa shape index (κ1) is 13.2. The van der Waals surface area contributed by atoms with Gasteiger partial charge in [0.25, 0.3) is 0 Å². The van der Waals surface area contributed by atoms with Gasteiger partial charge in [-0.1, -0.05) is 29.4 Å². The van der Waals surface area contributed by atoms with Crippen molar-refractivity contribution in [3.63, 3.8) is 0 Å². The molecule has 0 radical (unpaired) electrons. The highest BCUT2D eigenvalue weighted by Gasteiger charge is 2.59. The number of allylic oxidation sites excluding steroid dienone is 2. The summed E-state index contributed by atoms with van der Waals surface area (Å²) in [5.41, 5.74) is 1.84. The Bertz CT molecular complexity index is 690. The Morgan fingerprint density at radius 2 is 1.64 bits per heavy atom. The van der Waals surface area contributed by atoms with E-state index in [2.05, 4.69) is 17.3 Å². The molecule has 1 aromatic rings. The zero-order valence-corrected chi connectivity index (χ0v) is 12.1. The van der Waals surface area contributed by atoms with Crippen LogP contribution >= 0.6 is 0 Å². The summed E-state index contributed by atoms with van der Waals surface area (Å²) in [7, 11) is 0. The number of carbonyl (C=O) groups excluding carboxylic acids is 2. The maximum Gasteiger partial charge on any atom is 0.238 e. The van der Waals surface area contributed by atoms with E-state index in [4.69, 9.17) is 5.21 Å². The van der Waals surface area contributed by atoms with E-state index in [1.165, 1.54) is 4.90 Å². The molecular formula is C17H16N2O3. The van der Waals surface area contributed by atoms with Crippen LogP contribution in [0.3, 0.4) is 0 Å². The number of hydrogen-bond donors (Lipinski definition) is 1. The van der Waals surface area contributed by atoms with Crippen LogP contribution in [0.5, 0.6) is 0 Å². The average Bonchev–Trinajstić information content (AvgIpc) is 3.21. The van der Waals surface area contributed by atoms with E-state index in [0.717, 1.165) is 12.0 Å². The fourth-order valence-electron chi connectivity index (χ4n) is 4.07. The second-order valence-corrected chi connectivity index (χ2v) is 6.24. The number of fused-ring (bicyclic) bond motifs is 5. The molecule has 2 fully saturated rings. The van der Waals surface area contributed by atoms with Crippen molar-refractivity contribution in [2.45, 2.75) is 13.3 Å². The molecule has 112 valence electrons. The Morgan fingerprint density at radius 3 is 2.14 bits per heavy atom. The molecule has 0 aromatic heterocycles. The first-order valence-corrected chi connectivity index (χ1v) is 7.47. The molecule has 1 N–H and O–H groups in total. The monoisotopic (exact) mass is 296 g/mol. The van der Waals surface area contributed by atoms with Gasteiger partial charge in [0, 0.05) is 0 Å². The van der Waals surface area contributed by atoms with E-state index in [1.54, 1.807) is 31.2 Å². The van der Waals surface area contributed by atoms with Gasteiger partial charge in [0.1, 0.15) is 0 Å². The van der Waals surface area contributed by atoms with Gasteiger partial charge in [0.15, 0.2) is 0 Å². The molecule has 1 saturated carbocycles. The minimum Gasteiger partial charge on any atom is -0.411 e. The third kappa shape index (κ3) is 1.62. The highest BCUT2D eigenvalue weighted by atomic mass is 16.4. The quantitative estimate of drug-likeness (QED) is 0.299. The highest BCUT2D eigenvalue weighted by Crippen LogP contribution is 2.53. The van der Waals surface area contributed by atoms with Gasteiger partial charge in [-0.15, -0.1) is 0 Å². The van der Waals surface area contributed by atoms with Crippen LogP contribution in [0.2, 0.25) is 0 Å². The van der Waals surface area contributed by atoms with E-state index in [-0.39, 0.29) is 35.5 Å². The number of imide groups is 1. The molecule has 1 saturated heterocycles. The van der Waals surface area contributed by atoms with E-state index in [9.17, 15) is 9.59 Å². The molecule has 4 rings (SSSR count). The summed E-state index contributed by atoms with van der Waals surface area (Å²) in [5.74, 6) is -0.0656. The third-order valence-corrected chi connectivity index (χ3v) is 5.16. The SMILES string of the molecule is C/C(=N/O)c1ccc(N2C(=O)C3C4C=CC(C4)C3C2=O)cc1. The molecule has 22 heavy (non-hydrogen) atoms. The summed E-state index contributed by atoms with van der Waals surface area (Å²) in [4.78, 5) is 26.7. The van der Waals surface area contributed by atoms with Crippen LogP contribution in [0, 0.1) is 23.7 Å². The summed E-state index contributed by atoms with van der Waals surface area (Å²) in [5, 5.41) is 11.9. The predicted molar refractivity (Wildman–Crippen MR) is 80.6 cm³/mol. The summed E-state index contributed by atoms with van der Waals surface area (Å²) >= 11 is 0. The molecule has 0 spiro atoms. The Balaban J connectivity index is 1.67. The average molecular weight is 296 g/mol. The van der Waals surface area contributed by atoms with Gasteiger partial charge >= 0.3 is 0 Å². The lowest BCUT2D eigenvalue weighted by Crippen LogP contribution is -2.32. The largest absolute Gasteiger partial charge is 0.411 e. The molecule has 4 atom stereocenters. The molecule has 4 unspecified atom stereocenters. The van der Waals surface area contributed by atoms with Gasteiger partial charge < -0.3 is 5.21 Å². The maximum absolute atomic E-state index is 12.7. The van der Waals surface area contributed by atoms with Gasteiger partial charge in [-0.3, -0.25) is 14.5 Å². The summed E-state index contributed by atoms with van der Waals surface area (Å²) < 4.78 is 0. The molecule has 2 amide bonds. The Labute approximate surface area is 127 Å². The van der Waals surface area contributed by atoms with Gasteiger partial charge in [0.2, 0.25) is 11.8 Å². The van der Waals surface area contributed by atoms with Crippen molar-refractivity contribution in [1.29, 1.82) is 0 Å².